The number of esters is 1. The van der Waals surface area contributed by atoms with Gasteiger partial charge in [-0.05, 0) is 24.7 Å². The van der Waals surface area contributed by atoms with E-state index in [1.807, 2.05) is 13.8 Å². The average molecular weight is 243 g/mol. The Morgan fingerprint density at radius 1 is 1.18 bits per heavy atom. The largest absolute Gasteiger partial charge is 0.468 e. The first-order valence-corrected chi connectivity index (χ1v) is 6.80. The molecule has 0 heterocycles. The summed E-state index contributed by atoms with van der Waals surface area (Å²) in [5.74, 6) is 0.800. The zero-order chi connectivity index (χ0) is 13.4. The molecule has 2 unspecified atom stereocenters. The second kappa shape index (κ2) is 8.51. The van der Waals surface area contributed by atoms with Crippen LogP contribution in [0.3, 0.4) is 0 Å². The number of rotatable bonds is 8. The van der Waals surface area contributed by atoms with Gasteiger partial charge in [0.05, 0.1) is 7.11 Å². The van der Waals surface area contributed by atoms with Crippen molar-refractivity contribution in [3.8, 4) is 0 Å². The van der Waals surface area contributed by atoms with E-state index in [2.05, 4.69) is 26.1 Å². The van der Waals surface area contributed by atoms with Crippen molar-refractivity contribution in [3.05, 3.63) is 0 Å². The summed E-state index contributed by atoms with van der Waals surface area (Å²) < 4.78 is 4.85. The van der Waals surface area contributed by atoms with Gasteiger partial charge in [-0.3, -0.25) is 4.79 Å². The maximum absolute atomic E-state index is 11.7. The Morgan fingerprint density at radius 2 is 1.76 bits per heavy atom. The predicted octanol–water partition coefficient (Wildman–Crippen LogP) is 2.99. The zero-order valence-corrected chi connectivity index (χ0v) is 12.2. The van der Waals surface area contributed by atoms with Crippen LogP contribution in [-0.4, -0.2) is 25.2 Å². The maximum Gasteiger partial charge on any atom is 0.323 e. The van der Waals surface area contributed by atoms with Gasteiger partial charge in [-0.2, -0.15) is 0 Å². The van der Waals surface area contributed by atoms with Crippen molar-refractivity contribution < 1.29 is 9.53 Å². The van der Waals surface area contributed by atoms with Gasteiger partial charge in [-0.1, -0.05) is 41.0 Å². The number of ether oxygens (including phenoxy) is 1. The number of hydrogen-bond acceptors (Lipinski definition) is 3. The maximum atomic E-state index is 11.7. The average Bonchev–Trinajstić information content (AvgIpc) is 2.32. The Labute approximate surface area is 106 Å². The molecule has 0 rings (SSSR count). The van der Waals surface area contributed by atoms with Gasteiger partial charge in [0.15, 0.2) is 0 Å². The van der Waals surface area contributed by atoms with Crippen molar-refractivity contribution in [3.63, 3.8) is 0 Å². The van der Waals surface area contributed by atoms with Crippen molar-refractivity contribution in [2.75, 3.05) is 7.11 Å². The van der Waals surface area contributed by atoms with Crippen LogP contribution < -0.4 is 5.32 Å². The normalized spacial score (nSPS) is 16.6. The van der Waals surface area contributed by atoms with E-state index in [0.29, 0.717) is 12.0 Å². The monoisotopic (exact) mass is 243 g/mol. The van der Waals surface area contributed by atoms with Gasteiger partial charge < -0.3 is 10.1 Å². The fraction of sp³-hybridized carbons (Fsp3) is 0.929. The summed E-state index contributed by atoms with van der Waals surface area (Å²) in [6, 6.07) is 0.213. The van der Waals surface area contributed by atoms with E-state index >= 15 is 0 Å². The topological polar surface area (TPSA) is 38.3 Å². The molecule has 3 atom stereocenters. The molecule has 0 amide bonds. The van der Waals surface area contributed by atoms with Crippen LogP contribution in [0.25, 0.3) is 0 Å². The molecule has 0 fully saturated rings. The Balaban J connectivity index is 4.43. The molecule has 0 saturated heterocycles. The molecule has 17 heavy (non-hydrogen) atoms. The van der Waals surface area contributed by atoms with Crippen LogP contribution in [0.15, 0.2) is 0 Å². The van der Waals surface area contributed by atoms with Crippen molar-refractivity contribution in [2.24, 2.45) is 11.8 Å². The number of methoxy groups -OCH3 is 1. The summed E-state index contributed by atoms with van der Waals surface area (Å²) in [4.78, 5) is 11.7. The van der Waals surface area contributed by atoms with Crippen molar-refractivity contribution in [1.29, 1.82) is 0 Å². The smallest absolute Gasteiger partial charge is 0.323 e. The molecule has 0 aromatic rings. The number of hydrogen-bond donors (Lipinski definition) is 1. The zero-order valence-electron chi connectivity index (χ0n) is 12.2. The van der Waals surface area contributed by atoms with Crippen LogP contribution >= 0.6 is 0 Å². The first kappa shape index (κ1) is 16.4. The summed E-state index contributed by atoms with van der Waals surface area (Å²) >= 11 is 0. The van der Waals surface area contributed by atoms with Gasteiger partial charge in [-0.15, -0.1) is 0 Å². The van der Waals surface area contributed by atoms with E-state index in [0.717, 1.165) is 12.8 Å². The molecule has 1 N–H and O–H groups in total. The summed E-state index contributed by atoms with van der Waals surface area (Å²) in [6.07, 6.45) is 3.35. The first-order chi connectivity index (χ1) is 7.96. The van der Waals surface area contributed by atoms with E-state index in [9.17, 15) is 4.79 Å². The van der Waals surface area contributed by atoms with E-state index in [4.69, 9.17) is 4.74 Å². The standard InChI is InChI=1S/C14H29NO2/c1-7-11(5)9-12(8-2)15-13(10(3)4)14(16)17-6/h10-13,15H,7-9H2,1-6H3/t11?,12?,13-/m1/s1. The van der Waals surface area contributed by atoms with E-state index in [-0.39, 0.29) is 17.9 Å². The highest BCUT2D eigenvalue weighted by atomic mass is 16.5. The van der Waals surface area contributed by atoms with Gasteiger partial charge in [0.25, 0.3) is 0 Å². The molecule has 3 nitrogen and oxygen atoms in total. The van der Waals surface area contributed by atoms with E-state index in [1.54, 1.807) is 0 Å². The molecule has 3 heteroatoms. The molecule has 0 spiro atoms. The van der Waals surface area contributed by atoms with Crippen LogP contribution in [0.5, 0.6) is 0 Å². The molecule has 0 aromatic carbocycles. The molecule has 0 aliphatic carbocycles. The van der Waals surface area contributed by atoms with Crippen LogP contribution in [-0.2, 0) is 9.53 Å². The fourth-order valence-electron chi connectivity index (χ4n) is 1.92. The van der Waals surface area contributed by atoms with Crippen LogP contribution in [0.2, 0.25) is 0 Å². The lowest BCUT2D eigenvalue weighted by atomic mass is 9.95. The minimum absolute atomic E-state index is 0.150. The Morgan fingerprint density at radius 3 is 2.12 bits per heavy atom. The fourth-order valence-corrected chi connectivity index (χ4v) is 1.92. The predicted molar refractivity (Wildman–Crippen MR) is 71.9 cm³/mol. The summed E-state index contributed by atoms with van der Waals surface area (Å²) in [5.41, 5.74) is 0. The molecule has 0 aromatic heterocycles. The first-order valence-electron chi connectivity index (χ1n) is 6.80. The third-order valence-corrected chi connectivity index (χ3v) is 3.41. The third kappa shape index (κ3) is 6.06. The number of carbonyl (C=O) groups excluding carboxylic acids is 1. The third-order valence-electron chi connectivity index (χ3n) is 3.41. The minimum Gasteiger partial charge on any atom is -0.468 e. The minimum atomic E-state index is -0.186. The second-order valence-corrected chi connectivity index (χ2v) is 5.27. The molecule has 0 radical (unpaired) electrons. The second-order valence-electron chi connectivity index (χ2n) is 5.27. The molecule has 0 bridgehead atoms. The molecular formula is C14H29NO2. The summed E-state index contributed by atoms with van der Waals surface area (Å²) in [7, 11) is 1.45. The summed E-state index contributed by atoms with van der Waals surface area (Å²) in [5, 5.41) is 3.44. The lowest BCUT2D eigenvalue weighted by Crippen LogP contribution is -2.47. The van der Waals surface area contributed by atoms with Gasteiger partial charge in [0, 0.05) is 6.04 Å². The van der Waals surface area contributed by atoms with Crippen molar-refractivity contribution in [1.82, 2.24) is 5.32 Å². The highest BCUT2D eigenvalue weighted by Crippen LogP contribution is 2.14. The molecular weight excluding hydrogens is 214 g/mol. The lowest BCUT2D eigenvalue weighted by Gasteiger charge is -2.27. The Bertz CT molecular complexity index is 216. The van der Waals surface area contributed by atoms with Crippen LogP contribution in [0.1, 0.15) is 53.9 Å². The lowest BCUT2D eigenvalue weighted by molar-refractivity contribution is -0.144. The van der Waals surface area contributed by atoms with Crippen molar-refractivity contribution in [2.45, 2.75) is 66.0 Å². The van der Waals surface area contributed by atoms with Gasteiger partial charge in [0.2, 0.25) is 0 Å². The van der Waals surface area contributed by atoms with Crippen LogP contribution in [0.4, 0.5) is 0 Å². The van der Waals surface area contributed by atoms with Crippen molar-refractivity contribution >= 4 is 5.97 Å². The highest BCUT2D eigenvalue weighted by molar-refractivity contribution is 5.75. The van der Waals surface area contributed by atoms with Crippen LogP contribution in [0, 0.1) is 11.8 Å². The van der Waals surface area contributed by atoms with E-state index in [1.165, 1.54) is 13.5 Å². The molecule has 102 valence electrons. The molecule has 0 aliphatic heterocycles. The van der Waals surface area contributed by atoms with E-state index < -0.39 is 0 Å². The molecule has 0 aliphatic rings. The van der Waals surface area contributed by atoms with Gasteiger partial charge in [0.1, 0.15) is 6.04 Å². The SMILES string of the molecule is CCC(C)CC(CC)N[C@@H](C(=O)OC)C(C)C. The molecule has 0 saturated carbocycles. The summed E-state index contributed by atoms with van der Waals surface area (Å²) in [6.45, 7) is 10.7. The number of nitrogens with one attached hydrogen (secondary N) is 1. The highest BCUT2D eigenvalue weighted by Gasteiger charge is 2.25. The van der Waals surface area contributed by atoms with Gasteiger partial charge >= 0.3 is 5.97 Å². The number of carbonyl (C=O) groups is 1. The van der Waals surface area contributed by atoms with Gasteiger partial charge in [-0.25, -0.2) is 0 Å². The Hall–Kier alpha value is -0.570. The quantitative estimate of drug-likeness (QED) is 0.666. The Kier molecular flexibility index (Phi) is 8.23.